The number of nitro benzene ring substituents is 1. The van der Waals surface area contributed by atoms with Crippen LogP contribution in [0.3, 0.4) is 0 Å². The number of hydrogen-bond donors (Lipinski definition) is 1. The van der Waals surface area contributed by atoms with Crippen LogP contribution in [0.5, 0.6) is 5.75 Å². The molecule has 2 rings (SSSR count). The molecule has 0 unspecified atom stereocenters. The summed E-state index contributed by atoms with van der Waals surface area (Å²) in [5, 5.41) is 11.0. The molecule has 0 spiro atoms. The standard InChI is InChI=1S/C14H13FN2O7S2/c1-24-13-7-11(15)14(8-12(13)17(18)19)26(22,23)16-9-3-5-10(6-4-9)25(2,20)21/h3-8,16H,1-2H3. The van der Waals surface area contributed by atoms with E-state index in [4.69, 9.17) is 0 Å². The van der Waals surface area contributed by atoms with Crippen LogP contribution in [0.4, 0.5) is 15.8 Å². The second-order valence-electron chi connectivity index (χ2n) is 5.11. The number of hydrogen-bond acceptors (Lipinski definition) is 7. The maximum Gasteiger partial charge on any atom is 0.312 e. The molecule has 0 aliphatic carbocycles. The van der Waals surface area contributed by atoms with Crippen LogP contribution in [0, 0.1) is 15.9 Å². The van der Waals surface area contributed by atoms with Gasteiger partial charge in [0.25, 0.3) is 10.0 Å². The molecule has 0 amide bonds. The highest BCUT2D eigenvalue weighted by Gasteiger charge is 2.27. The van der Waals surface area contributed by atoms with E-state index in [-0.39, 0.29) is 10.6 Å². The van der Waals surface area contributed by atoms with Crippen molar-refractivity contribution < 1.29 is 30.9 Å². The number of sulfonamides is 1. The molecule has 0 aliphatic rings. The molecule has 2 aromatic carbocycles. The Balaban J connectivity index is 2.45. The Kier molecular flexibility index (Phi) is 5.18. The zero-order valence-electron chi connectivity index (χ0n) is 13.5. The van der Waals surface area contributed by atoms with Crippen LogP contribution < -0.4 is 9.46 Å². The molecule has 0 heterocycles. The monoisotopic (exact) mass is 404 g/mol. The van der Waals surface area contributed by atoms with Crippen LogP contribution in [-0.4, -0.2) is 35.1 Å². The molecular formula is C14H13FN2O7S2. The first kappa shape index (κ1) is 19.6. The lowest BCUT2D eigenvalue weighted by Crippen LogP contribution is -2.15. The summed E-state index contributed by atoms with van der Waals surface area (Å²) in [7, 11) is -6.90. The number of sulfone groups is 1. The van der Waals surface area contributed by atoms with Crippen molar-refractivity contribution in [1.82, 2.24) is 0 Å². The molecule has 9 nitrogen and oxygen atoms in total. The lowest BCUT2D eigenvalue weighted by atomic mass is 10.3. The molecule has 0 saturated heterocycles. The minimum absolute atomic E-state index is 0.0355. The highest BCUT2D eigenvalue weighted by molar-refractivity contribution is 7.92. The Hall–Kier alpha value is -2.73. The number of anilines is 1. The maximum absolute atomic E-state index is 14.1. The number of benzene rings is 2. The van der Waals surface area contributed by atoms with E-state index in [1.54, 1.807) is 0 Å². The van der Waals surface area contributed by atoms with Gasteiger partial charge < -0.3 is 4.74 Å². The average molecular weight is 404 g/mol. The highest BCUT2D eigenvalue weighted by atomic mass is 32.2. The first-order valence-corrected chi connectivity index (χ1v) is 10.2. The van der Waals surface area contributed by atoms with Crippen LogP contribution in [0.15, 0.2) is 46.2 Å². The molecule has 26 heavy (non-hydrogen) atoms. The lowest BCUT2D eigenvalue weighted by Gasteiger charge is -2.10. The molecule has 0 bridgehead atoms. The van der Waals surface area contributed by atoms with Gasteiger partial charge in [-0.25, -0.2) is 21.2 Å². The predicted octanol–water partition coefficient (Wildman–Crippen LogP) is 1.95. The maximum atomic E-state index is 14.1. The summed E-state index contributed by atoms with van der Waals surface area (Å²) >= 11 is 0. The van der Waals surface area contributed by atoms with Crippen LogP contribution in [-0.2, 0) is 19.9 Å². The van der Waals surface area contributed by atoms with E-state index in [1.807, 2.05) is 4.72 Å². The quantitative estimate of drug-likeness (QED) is 0.575. The summed E-state index contributed by atoms with van der Waals surface area (Å²) in [5.74, 6) is -1.67. The third kappa shape index (κ3) is 4.08. The average Bonchev–Trinajstić information content (AvgIpc) is 2.53. The second-order valence-corrected chi connectivity index (χ2v) is 8.78. The van der Waals surface area contributed by atoms with E-state index < -0.39 is 46.9 Å². The SMILES string of the molecule is COc1cc(F)c(S(=O)(=O)Nc2ccc(S(C)(=O)=O)cc2)cc1[N+](=O)[O-]. The van der Waals surface area contributed by atoms with Crippen molar-refractivity contribution in [3.63, 3.8) is 0 Å². The van der Waals surface area contributed by atoms with Crippen LogP contribution in [0.2, 0.25) is 0 Å². The fraction of sp³-hybridized carbons (Fsp3) is 0.143. The molecule has 140 valence electrons. The third-order valence-electron chi connectivity index (χ3n) is 3.25. The molecule has 2 aromatic rings. The van der Waals surface area contributed by atoms with Crippen LogP contribution in [0.25, 0.3) is 0 Å². The Bertz CT molecular complexity index is 1070. The molecule has 0 saturated carbocycles. The van der Waals surface area contributed by atoms with Gasteiger partial charge in [0, 0.05) is 24.1 Å². The van der Waals surface area contributed by atoms with E-state index in [2.05, 4.69) is 4.74 Å². The smallest absolute Gasteiger partial charge is 0.312 e. The first-order valence-electron chi connectivity index (χ1n) is 6.80. The summed E-state index contributed by atoms with van der Waals surface area (Å²) < 4.78 is 68.3. The molecule has 0 aliphatic heterocycles. The lowest BCUT2D eigenvalue weighted by molar-refractivity contribution is -0.386. The normalized spacial score (nSPS) is 11.8. The number of nitrogens with zero attached hydrogens (tertiary/aromatic N) is 1. The fourth-order valence-electron chi connectivity index (χ4n) is 2.02. The molecule has 12 heteroatoms. The Morgan fingerprint density at radius 3 is 2.15 bits per heavy atom. The van der Waals surface area contributed by atoms with E-state index >= 15 is 0 Å². The topological polar surface area (TPSA) is 133 Å². The summed E-state index contributed by atoms with van der Waals surface area (Å²) in [6.07, 6.45) is 0.984. The van der Waals surface area contributed by atoms with Gasteiger partial charge in [-0.3, -0.25) is 14.8 Å². The largest absolute Gasteiger partial charge is 0.490 e. The van der Waals surface area contributed by atoms with Crippen LogP contribution in [0.1, 0.15) is 0 Å². The number of nitro groups is 1. The van der Waals surface area contributed by atoms with Crippen molar-refractivity contribution >= 4 is 31.2 Å². The second kappa shape index (κ2) is 6.88. The van der Waals surface area contributed by atoms with Crippen LogP contribution >= 0.6 is 0 Å². The van der Waals surface area contributed by atoms with Crippen molar-refractivity contribution in [1.29, 1.82) is 0 Å². The van der Waals surface area contributed by atoms with Crippen molar-refractivity contribution in [3.8, 4) is 5.75 Å². The van der Waals surface area contributed by atoms with Crippen molar-refractivity contribution in [3.05, 3.63) is 52.3 Å². The predicted molar refractivity (Wildman–Crippen MR) is 90.0 cm³/mol. The van der Waals surface area contributed by atoms with Gasteiger partial charge in [-0.1, -0.05) is 0 Å². The minimum Gasteiger partial charge on any atom is -0.490 e. The Morgan fingerprint density at radius 1 is 1.12 bits per heavy atom. The minimum atomic E-state index is -4.51. The summed E-state index contributed by atoms with van der Waals surface area (Å²) in [4.78, 5) is 9.10. The molecule has 0 aromatic heterocycles. The van der Waals surface area contributed by atoms with Gasteiger partial charge in [-0.05, 0) is 24.3 Å². The van der Waals surface area contributed by atoms with Crippen molar-refractivity contribution in [2.45, 2.75) is 9.79 Å². The molecular weight excluding hydrogens is 391 g/mol. The number of rotatable bonds is 6. The van der Waals surface area contributed by atoms with Crippen molar-refractivity contribution in [2.24, 2.45) is 0 Å². The number of nitrogens with one attached hydrogen (secondary N) is 1. The van der Waals surface area contributed by atoms with Gasteiger partial charge in [0.1, 0.15) is 10.7 Å². The molecule has 1 N–H and O–H groups in total. The van der Waals surface area contributed by atoms with E-state index in [9.17, 15) is 31.3 Å². The Labute approximate surface area is 148 Å². The fourth-order valence-corrected chi connectivity index (χ4v) is 3.79. The molecule has 0 fully saturated rings. The van der Waals surface area contributed by atoms with E-state index in [0.717, 1.165) is 13.4 Å². The third-order valence-corrected chi connectivity index (χ3v) is 5.78. The van der Waals surface area contributed by atoms with Crippen molar-refractivity contribution in [2.75, 3.05) is 18.1 Å². The van der Waals surface area contributed by atoms with Gasteiger partial charge in [-0.2, -0.15) is 0 Å². The zero-order valence-corrected chi connectivity index (χ0v) is 15.1. The van der Waals surface area contributed by atoms with E-state index in [1.165, 1.54) is 24.3 Å². The number of halogens is 1. The van der Waals surface area contributed by atoms with Gasteiger partial charge in [0.2, 0.25) is 0 Å². The Morgan fingerprint density at radius 2 is 1.69 bits per heavy atom. The summed E-state index contributed by atoms with van der Waals surface area (Å²) in [6, 6.07) is 5.81. The van der Waals surface area contributed by atoms with Gasteiger partial charge in [0.15, 0.2) is 15.6 Å². The molecule has 0 radical (unpaired) electrons. The van der Waals surface area contributed by atoms with E-state index in [0.29, 0.717) is 12.1 Å². The summed E-state index contributed by atoms with van der Waals surface area (Å²) in [6.45, 7) is 0. The molecule has 0 atom stereocenters. The first-order chi connectivity index (χ1) is 12.0. The van der Waals surface area contributed by atoms with Gasteiger partial charge >= 0.3 is 5.69 Å². The number of methoxy groups -OCH3 is 1. The van der Waals surface area contributed by atoms with Gasteiger partial charge in [-0.15, -0.1) is 0 Å². The van der Waals surface area contributed by atoms with Gasteiger partial charge in [0.05, 0.1) is 16.9 Å². The highest BCUT2D eigenvalue weighted by Crippen LogP contribution is 2.32. The zero-order chi connectivity index (χ0) is 19.7. The number of ether oxygens (including phenoxy) is 1. The summed E-state index contributed by atoms with van der Waals surface area (Å²) in [5.41, 5.74) is -0.767.